The molecule has 0 unspecified atom stereocenters. The van der Waals surface area contributed by atoms with Gasteiger partial charge in [-0.2, -0.15) is 0 Å². The van der Waals surface area contributed by atoms with E-state index in [1.165, 1.54) is 11.1 Å². The molecule has 0 radical (unpaired) electrons. The number of aryl methyl sites for hydroxylation is 1. The Hall–Kier alpha value is -2.25. The van der Waals surface area contributed by atoms with Crippen molar-refractivity contribution in [1.29, 1.82) is 0 Å². The second kappa shape index (κ2) is 8.24. The van der Waals surface area contributed by atoms with Crippen LogP contribution in [0, 0.1) is 0 Å². The standard InChI is InChI=1S/C22H30N4O3/c1-5-8-16-15-12-28-22(3,4)11-14(15)17-18-19(29-21(17)26-16)20(25-13-24-18)23-9-7-10-27-6-2/h13H,5-12H2,1-4H3,(H,23,24,25). The van der Waals surface area contributed by atoms with E-state index in [4.69, 9.17) is 18.9 Å². The first-order valence-corrected chi connectivity index (χ1v) is 10.6. The Kier molecular flexibility index (Phi) is 5.69. The monoisotopic (exact) mass is 398 g/mol. The summed E-state index contributed by atoms with van der Waals surface area (Å²) in [5.41, 5.74) is 5.46. The summed E-state index contributed by atoms with van der Waals surface area (Å²) in [4.78, 5) is 13.8. The predicted molar refractivity (Wildman–Crippen MR) is 113 cm³/mol. The average Bonchev–Trinajstić information content (AvgIpc) is 3.06. The van der Waals surface area contributed by atoms with E-state index in [-0.39, 0.29) is 5.60 Å². The van der Waals surface area contributed by atoms with Crippen molar-refractivity contribution in [1.82, 2.24) is 15.0 Å². The van der Waals surface area contributed by atoms with Crippen molar-refractivity contribution < 1.29 is 13.9 Å². The SMILES string of the molecule is CCCc1nc2oc3c(NCCCOCC)ncnc3c2c2c1COC(C)(C)C2. The Labute approximate surface area is 171 Å². The lowest BCUT2D eigenvalue weighted by molar-refractivity contribution is -0.0401. The summed E-state index contributed by atoms with van der Waals surface area (Å²) in [6.07, 6.45) is 5.25. The normalized spacial score (nSPS) is 15.7. The van der Waals surface area contributed by atoms with E-state index in [0.717, 1.165) is 62.0 Å². The van der Waals surface area contributed by atoms with E-state index >= 15 is 0 Å². The van der Waals surface area contributed by atoms with E-state index in [1.807, 2.05) is 6.92 Å². The Morgan fingerprint density at radius 2 is 2.07 bits per heavy atom. The van der Waals surface area contributed by atoms with E-state index in [0.29, 0.717) is 23.7 Å². The first-order valence-electron chi connectivity index (χ1n) is 10.6. The van der Waals surface area contributed by atoms with Crippen LogP contribution in [-0.2, 0) is 28.9 Å². The molecule has 3 aromatic rings. The van der Waals surface area contributed by atoms with Crippen molar-refractivity contribution in [2.45, 2.75) is 65.6 Å². The van der Waals surface area contributed by atoms with Crippen molar-refractivity contribution in [2.24, 2.45) is 0 Å². The summed E-state index contributed by atoms with van der Waals surface area (Å²) in [6, 6.07) is 0. The molecule has 29 heavy (non-hydrogen) atoms. The summed E-state index contributed by atoms with van der Waals surface area (Å²) >= 11 is 0. The second-order valence-corrected chi connectivity index (χ2v) is 8.15. The quantitative estimate of drug-likeness (QED) is 0.563. The molecule has 1 aliphatic rings. The van der Waals surface area contributed by atoms with Crippen LogP contribution in [0.5, 0.6) is 0 Å². The van der Waals surface area contributed by atoms with E-state index in [2.05, 4.69) is 36.1 Å². The number of aromatic nitrogens is 3. The fourth-order valence-electron chi connectivity index (χ4n) is 3.97. The van der Waals surface area contributed by atoms with Crippen LogP contribution in [0.2, 0.25) is 0 Å². The van der Waals surface area contributed by atoms with Gasteiger partial charge in [-0.15, -0.1) is 0 Å². The molecule has 0 spiro atoms. The summed E-state index contributed by atoms with van der Waals surface area (Å²) in [6.45, 7) is 11.2. The lowest BCUT2D eigenvalue weighted by atomic mass is 9.88. The molecule has 156 valence electrons. The van der Waals surface area contributed by atoms with Crippen LogP contribution in [0.4, 0.5) is 5.82 Å². The van der Waals surface area contributed by atoms with Gasteiger partial charge in [-0.1, -0.05) is 13.3 Å². The van der Waals surface area contributed by atoms with Gasteiger partial charge in [0.25, 0.3) is 0 Å². The van der Waals surface area contributed by atoms with E-state index in [1.54, 1.807) is 6.33 Å². The zero-order valence-electron chi connectivity index (χ0n) is 17.8. The van der Waals surface area contributed by atoms with Gasteiger partial charge < -0.3 is 19.2 Å². The molecule has 7 nitrogen and oxygen atoms in total. The first kappa shape index (κ1) is 20.0. The maximum absolute atomic E-state index is 6.21. The molecule has 0 atom stereocenters. The summed E-state index contributed by atoms with van der Waals surface area (Å²) in [5.74, 6) is 0.710. The van der Waals surface area contributed by atoms with Gasteiger partial charge in [-0.3, -0.25) is 0 Å². The maximum atomic E-state index is 6.21. The van der Waals surface area contributed by atoms with Gasteiger partial charge in [-0.25, -0.2) is 15.0 Å². The third-order valence-corrected chi connectivity index (χ3v) is 5.36. The molecule has 1 aliphatic heterocycles. The molecule has 4 heterocycles. The molecule has 0 saturated heterocycles. The number of pyridine rings is 1. The van der Waals surface area contributed by atoms with Crippen LogP contribution in [0.3, 0.4) is 0 Å². The number of hydrogen-bond donors (Lipinski definition) is 1. The van der Waals surface area contributed by atoms with Gasteiger partial charge in [0.05, 0.1) is 23.3 Å². The van der Waals surface area contributed by atoms with Gasteiger partial charge in [0.1, 0.15) is 11.8 Å². The van der Waals surface area contributed by atoms with Crippen molar-refractivity contribution >= 4 is 28.0 Å². The fraction of sp³-hybridized carbons (Fsp3) is 0.591. The van der Waals surface area contributed by atoms with Gasteiger partial charge in [0.2, 0.25) is 5.71 Å². The highest BCUT2D eigenvalue weighted by atomic mass is 16.5. The highest BCUT2D eigenvalue weighted by molar-refractivity contribution is 6.06. The minimum atomic E-state index is -0.220. The number of ether oxygens (including phenoxy) is 2. The summed E-state index contributed by atoms with van der Waals surface area (Å²) in [7, 11) is 0. The van der Waals surface area contributed by atoms with Crippen molar-refractivity contribution in [3.8, 4) is 0 Å². The molecular formula is C22H30N4O3. The number of fused-ring (bicyclic) bond motifs is 5. The molecule has 0 bridgehead atoms. The average molecular weight is 399 g/mol. The number of rotatable bonds is 8. The lowest BCUT2D eigenvalue weighted by Gasteiger charge is -2.33. The first-order chi connectivity index (χ1) is 14.0. The van der Waals surface area contributed by atoms with Crippen molar-refractivity contribution in [2.75, 3.05) is 25.1 Å². The molecule has 0 aliphatic carbocycles. The molecule has 3 aromatic heterocycles. The molecular weight excluding hydrogens is 368 g/mol. The molecule has 7 heteroatoms. The Balaban J connectivity index is 1.79. The number of furan rings is 1. The highest BCUT2D eigenvalue weighted by Gasteiger charge is 2.32. The van der Waals surface area contributed by atoms with Crippen molar-refractivity contribution in [3.63, 3.8) is 0 Å². The van der Waals surface area contributed by atoms with Gasteiger partial charge in [0, 0.05) is 31.7 Å². The Morgan fingerprint density at radius 1 is 1.21 bits per heavy atom. The number of nitrogens with zero attached hydrogens (tertiary/aromatic N) is 3. The largest absolute Gasteiger partial charge is 0.432 e. The van der Waals surface area contributed by atoms with Crippen molar-refractivity contribution in [3.05, 3.63) is 23.1 Å². The Bertz CT molecular complexity index is 1010. The van der Waals surface area contributed by atoms with Crippen LogP contribution in [0.25, 0.3) is 22.2 Å². The predicted octanol–water partition coefficient (Wildman–Crippen LogP) is 4.41. The third kappa shape index (κ3) is 3.94. The van der Waals surface area contributed by atoms with E-state index < -0.39 is 0 Å². The third-order valence-electron chi connectivity index (χ3n) is 5.36. The zero-order chi connectivity index (χ0) is 20.4. The molecule has 0 fully saturated rings. The molecule has 4 rings (SSSR count). The zero-order valence-corrected chi connectivity index (χ0v) is 17.8. The second-order valence-electron chi connectivity index (χ2n) is 8.15. The van der Waals surface area contributed by atoms with Crippen LogP contribution in [-0.4, -0.2) is 40.3 Å². The highest BCUT2D eigenvalue weighted by Crippen LogP contribution is 2.39. The number of anilines is 1. The van der Waals surface area contributed by atoms with Crippen LogP contribution in [0.15, 0.2) is 10.7 Å². The summed E-state index contributed by atoms with van der Waals surface area (Å²) < 4.78 is 17.7. The maximum Gasteiger partial charge on any atom is 0.229 e. The molecule has 0 aromatic carbocycles. The smallest absolute Gasteiger partial charge is 0.229 e. The van der Waals surface area contributed by atoms with Crippen LogP contribution < -0.4 is 5.32 Å². The summed E-state index contributed by atoms with van der Waals surface area (Å²) in [5, 5.41) is 4.37. The fourth-order valence-corrected chi connectivity index (χ4v) is 3.97. The van der Waals surface area contributed by atoms with Crippen LogP contribution >= 0.6 is 0 Å². The van der Waals surface area contributed by atoms with Gasteiger partial charge >= 0.3 is 0 Å². The lowest BCUT2D eigenvalue weighted by Crippen LogP contribution is -2.32. The molecule has 1 N–H and O–H groups in total. The van der Waals surface area contributed by atoms with E-state index in [9.17, 15) is 0 Å². The van der Waals surface area contributed by atoms with Crippen LogP contribution in [0.1, 0.15) is 57.4 Å². The number of nitrogens with one attached hydrogen (secondary N) is 1. The minimum Gasteiger partial charge on any atom is -0.432 e. The van der Waals surface area contributed by atoms with Gasteiger partial charge in [-0.05, 0) is 39.2 Å². The topological polar surface area (TPSA) is 82.3 Å². The molecule has 0 saturated carbocycles. The Morgan fingerprint density at radius 3 is 2.86 bits per heavy atom. The van der Waals surface area contributed by atoms with Gasteiger partial charge in [0.15, 0.2) is 11.4 Å². The molecule has 0 amide bonds. The number of hydrogen-bond acceptors (Lipinski definition) is 7. The minimum absolute atomic E-state index is 0.220.